The van der Waals surface area contributed by atoms with Crippen LogP contribution in [0.4, 0.5) is 0 Å². The summed E-state index contributed by atoms with van der Waals surface area (Å²) in [5.74, 6) is 0.232. The molecule has 1 aliphatic rings. The molecule has 1 aliphatic heterocycles. The summed E-state index contributed by atoms with van der Waals surface area (Å²) in [6.07, 6.45) is 0.754. The second-order valence-electron chi connectivity index (χ2n) is 8.56. The molecule has 3 aromatic carbocycles. The van der Waals surface area contributed by atoms with Crippen molar-refractivity contribution < 1.29 is 28.7 Å². The number of nitrogens with two attached hydrogens (primary N) is 1. The quantitative estimate of drug-likeness (QED) is 0.153. The molecule has 37 heavy (non-hydrogen) atoms. The molecule has 11 heteroatoms. The normalized spacial score (nSPS) is 15.9. The maximum atomic E-state index is 13.4. The number of rotatable bonds is 8. The van der Waals surface area contributed by atoms with Crippen LogP contribution >= 0.6 is 7.60 Å². The van der Waals surface area contributed by atoms with E-state index in [1.54, 1.807) is 48.5 Å². The molecular formula is C26H27N4O6P. The van der Waals surface area contributed by atoms with Gasteiger partial charge in [-0.1, -0.05) is 54.6 Å². The van der Waals surface area contributed by atoms with Crippen molar-refractivity contribution in [3.8, 4) is 11.5 Å². The lowest BCUT2D eigenvalue weighted by Crippen LogP contribution is -2.45. The molecule has 192 valence electrons. The van der Waals surface area contributed by atoms with Crippen molar-refractivity contribution in [2.45, 2.75) is 25.0 Å². The fraction of sp³-hybridized carbons (Fsp3) is 0.192. The summed E-state index contributed by atoms with van der Waals surface area (Å²) >= 11 is 0. The van der Waals surface area contributed by atoms with Crippen LogP contribution in [0, 0.1) is 0 Å². The van der Waals surface area contributed by atoms with Crippen LogP contribution in [0.2, 0.25) is 0 Å². The van der Waals surface area contributed by atoms with Gasteiger partial charge in [-0.2, -0.15) is 5.10 Å². The average Bonchev–Trinajstić information content (AvgIpc) is 3.37. The van der Waals surface area contributed by atoms with Gasteiger partial charge in [0, 0.05) is 12.1 Å². The summed E-state index contributed by atoms with van der Waals surface area (Å²) in [5, 5.41) is 3.96. The summed E-state index contributed by atoms with van der Waals surface area (Å²) in [7, 11) is -4.18. The molecule has 4 rings (SSSR count). The van der Waals surface area contributed by atoms with Crippen LogP contribution in [-0.4, -0.2) is 44.9 Å². The predicted molar refractivity (Wildman–Crippen MR) is 138 cm³/mol. The number of para-hydroxylation sites is 2. The Morgan fingerprint density at radius 3 is 2.41 bits per heavy atom. The standard InChI is InChI=1S/C26H27N4O6P/c27-24(19-14-12-18(13-15-19)17-37(33,34)35)28-29-25(31)22-10-6-16-30(22)26(32)21-9-4-5-11-23(21)36-20-7-2-1-3-8-20/h1-5,7-9,11-15,22H,6,10,16-17H2,(H2,27,28)(H,29,31)(H2,33,34,35)/t22-/m0/s1. The Kier molecular flexibility index (Phi) is 8.03. The number of likely N-dealkylation sites (tertiary alicyclic amines) is 1. The SMILES string of the molecule is NC(=NNC(=O)[C@@H]1CCCN1C(=O)c1ccccc1Oc1ccccc1)c1ccc(CP(=O)(O)O)cc1. The van der Waals surface area contributed by atoms with Gasteiger partial charge in [-0.3, -0.25) is 14.2 Å². The number of ether oxygens (including phenoxy) is 1. The first kappa shape index (κ1) is 26.1. The number of amidine groups is 1. The van der Waals surface area contributed by atoms with Gasteiger partial charge in [0.2, 0.25) is 0 Å². The highest BCUT2D eigenvalue weighted by Gasteiger charge is 2.35. The van der Waals surface area contributed by atoms with Crippen molar-refractivity contribution in [1.82, 2.24) is 10.3 Å². The van der Waals surface area contributed by atoms with Crippen LogP contribution < -0.4 is 15.9 Å². The van der Waals surface area contributed by atoms with Gasteiger partial charge in [-0.15, -0.1) is 0 Å². The van der Waals surface area contributed by atoms with Crippen LogP contribution in [0.1, 0.15) is 34.3 Å². The summed E-state index contributed by atoms with van der Waals surface area (Å²) in [6.45, 7) is 0.414. The average molecular weight is 522 g/mol. The first-order valence-corrected chi connectivity index (χ1v) is 13.4. The number of hydrogen-bond donors (Lipinski definition) is 4. The monoisotopic (exact) mass is 522 g/mol. The van der Waals surface area contributed by atoms with Gasteiger partial charge in [0.05, 0.1) is 11.7 Å². The summed E-state index contributed by atoms with van der Waals surface area (Å²) < 4.78 is 17.1. The zero-order chi connectivity index (χ0) is 26.4. The summed E-state index contributed by atoms with van der Waals surface area (Å²) in [4.78, 5) is 46.0. The number of hydrazone groups is 1. The van der Waals surface area contributed by atoms with E-state index in [9.17, 15) is 14.2 Å². The Hall–Kier alpha value is -3.98. The van der Waals surface area contributed by atoms with Crippen molar-refractivity contribution in [2.75, 3.05) is 6.54 Å². The number of benzene rings is 3. The minimum Gasteiger partial charge on any atom is -0.457 e. The molecule has 10 nitrogen and oxygen atoms in total. The molecule has 0 bridgehead atoms. The van der Waals surface area contributed by atoms with Crippen molar-refractivity contribution in [2.24, 2.45) is 10.8 Å². The fourth-order valence-electron chi connectivity index (χ4n) is 4.06. The van der Waals surface area contributed by atoms with Crippen LogP contribution in [0.3, 0.4) is 0 Å². The van der Waals surface area contributed by atoms with E-state index < -0.39 is 19.5 Å². The Balaban J connectivity index is 1.44. The van der Waals surface area contributed by atoms with Crippen LogP contribution in [0.5, 0.6) is 11.5 Å². The summed E-state index contributed by atoms with van der Waals surface area (Å²) in [5.41, 5.74) is 9.70. The second kappa shape index (κ2) is 11.4. The molecule has 0 spiro atoms. The van der Waals surface area contributed by atoms with Crippen molar-refractivity contribution >= 4 is 25.2 Å². The van der Waals surface area contributed by atoms with Crippen LogP contribution in [0.25, 0.3) is 0 Å². The van der Waals surface area contributed by atoms with Gasteiger partial charge in [-0.05, 0) is 42.7 Å². The number of carbonyl (C=O) groups is 2. The molecule has 0 aromatic heterocycles. The largest absolute Gasteiger partial charge is 0.457 e. The maximum Gasteiger partial charge on any atom is 0.329 e. The van der Waals surface area contributed by atoms with Gasteiger partial charge in [0.25, 0.3) is 11.8 Å². The highest BCUT2D eigenvalue weighted by Crippen LogP contribution is 2.38. The number of hydrogen-bond acceptors (Lipinski definition) is 5. The predicted octanol–water partition coefficient (Wildman–Crippen LogP) is 3.20. The van der Waals surface area contributed by atoms with Crippen molar-refractivity contribution in [1.29, 1.82) is 0 Å². The Bertz CT molecular complexity index is 1340. The highest BCUT2D eigenvalue weighted by molar-refractivity contribution is 7.50. The van der Waals surface area contributed by atoms with E-state index in [-0.39, 0.29) is 17.9 Å². The molecular weight excluding hydrogens is 495 g/mol. The van der Waals surface area contributed by atoms with Gasteiger partial charge in [-0.25, -0.2) is 5.43 Å². The van der Waals surface area contributed by atoms with E-state index in [1.165, 1.54) is 17.0 Å². The number of carbonyl (C=O) groups excluding carboxylic acids is 2. The minimum atomic E-state index is -4.18. The second-order valence-corrected chi connectivity index (χ2v) is 10.2. The Morgan fingerprint density at radius 2 is 1.70 bits per heavy atom. The number of nitrogens with zero attached hydrogens (tertiary/aromatic N) is 2. The molecule has 5 N–H and O–H groups in total. The number of nitrogens with one attached hydrogen (secondary N) is 1. The molecule has 1 atom stereocenters. The van der Waals surface area contributed by atoms with E-state index in [2.05, 4.69) is 10.5 Å². The Morgan fingerprint density at radius 1 is 1.03 bits per heavy atom. The molecule has 0 unspecified atom stereocenters. The molecule has 0 aliphatic carbocycles. The fourth-order valence-corrected chi connectivity index (χ4v) is 4.74. The topological polar surface area (TPSA) is 155 Å². The lowest BCUT2D eigenvalue weighted by molar-refractivity contribution is -0.124. The number of amides is 2. The first-order chi connectivity index (χ1) is 17.7. The van der Waals surface area contributed by atoms with Gasteiger partial charge in [0.1, 0.15) is 17.5 Å². The van der Waals surface area contributed by atoms with Crippen LogP contribution in [0.15, 0.2) is 84.0 Å². The van der Waals surface area contributed by atoms with E-state index in [1.807, 2.05) is 18.2 Å². The molecule has 1 heterocycles. The molecule has 0 radical (unpaired) electrons. The smallest absolute Gasteiger partial charge is 0.329 e. The van der Waals surface area contributed by atoms with Gasteiger partial charge >= 0.3 is 7.60 Å². The summed E-state index contributed by atoms with van der Waals surface area (Å²) in [6, 6.07) is 21.5. The van der Waals surface area contributed by atoms with Crippen molar-refractivity contribution in [3.05, 3.63) is 95.6 Å². The zero-order valence-corrected chi connectivity index (χ0v) is 20.8. The third-order valence-corrected chi connectivity index (χ3v) is 6.61. The highest BCUT2D eigenvalue weighted by atomic mass is 31.2. The molecule has 2 amide bonds. The lowest BCUT2D eigenvalue weighted by atomic mass is 10.1. The molecule has 1 fully saturated rings. The third kappa shape index (κ3) is 6.83. The van der Waals surface area contributed by atoms with E-state index in [4.69, 9.17) is 20.3 Å². The maximum absolute atomic E-state index is 13.4. The molecule has 0 saturated carbocycles. The Labute approximate surface area is 213 Å². The van der Waals surface area contributed by atoms with E-state index in [0.717, 1.165) is 0 Å². The van der Waals surface area contributed by atoms with Gasteiger partial charge in [0.15, 0.2) is 5.84 Å². The molecule has 1 saturated heterocycles. The first-order valence-electron chi connectivity index (χ1n) is 11.6. The van der Waals surface area contributed by atoms with E-state index in [0.29, 0.717) is 47.6 Å². The minimum absolute atomic E-state index is 0.0218. The van der Waals surface area contributed by atoms with Gasteiger partial charge < -0.3 is 25.2 Å². The van der Waals surface area contributed by atoms with Crippen molar-refractivity contribution in [3.63, 3.8) is 0 Å². The van der Waals surface area contributed by atoms with E-state index >= 15 is 0 Å². The molecule has 3 aromatic rings. The zero-order valence-electron chi connectivity index (χ0n) is 19.9. The third-order valence-electron chi connectivity index (χ3n) is 5.83. The lowest BCUT2D eigenvalue weighted by Gasteiger charge is -2.24. The van der Waals surface area contributed by atoms with Crippen LogP contribution in [-0.2, 0) is 15.5 Å².